The van der Waals surface area contributed by atoms with E-state index in [1.807, 2.05) is 44.2 Å². The van der Waals surface area contributed by atoms with Gasteiger partial charge in [-0.1, -0.05) is 29.8 Å². The second-order valence-electron chi connectivity index (χ2n) is 5.92. The number of methoxy groups -OCH3 is 2. The van der Waals surface area contributed by atoms with Crippen molar-refractivity contribution >= 4 is 17.7 Å². The Bertz CT molecular complexity index is 715. The van der Waals surface area contributed by atoms with Gasteiger partial charge in [0.25, 0.3) is 0 Å². The molecule has 25 heavy (non-hydrogen) atoms. The average Bonchev–Trinajstić information content (AvgIpc) is 2.61. The fourth-order valence-electron chi connectivity index (χ4n) is 2.42. The average molecular weight is 359 g/mol. The Hall–Kier alpha value is -2.14. The summed E-state index contributed by atoms with van der Waals surface area (Å²) in [5, 5.41) is 2.85. The van der Waals surface area contributed by atoms with E-state index in [1.165, 1.54) is 17.3 Å². The van der Waals surface area contributed by atoms with Crippen molar-refractivity contribution in [2.45, 2.75) is 37.0 Å². The minimum atomic E-state index is -0.217. The molecule has 134 valence electrons. The van der Waals surface area contributed by atoms with Gasteiger partial charge in [-0.2, -0.15) is 0 Å². The first kappa shape index (κ1) is 19.2. The molecule has 2 rings (SSSR count). The van der Waals surface area contributed by atoms with Gasteiger partial charge in [-0.25, -0.2) is 0 Å². The number of ether oxygens (including phenoxy) is 2. The van der Waals surface area contributed by atoms with Gasteiger partial charge < -0.3 is 14.8 Å². The highest BCUT2D eigenvalue weighted by atomic mass is 32.2. The molecule has 0 aromatic heterocycles. The summed E-state index contributed by atoms with van der Waals surface area (Å²) in [7, 11) is 3.21. The number of benzene rings is 2. The fraction of sp³-hybridized carbons (Fsp3) is 0.350. The summed E-state index contributed by atoms with van der Waals surface area (Å²) in [4.78, 5) is 13.4. The van der Waals surface area contributed by atoms with Gasteiger partial charge in [0.05, 0.1) is 25.5 Å². The van der Waals surface area contributed by atoms with Crippen LogP contribution in [0.15, 0.2) is 47.4 Å². The number of aryl methyl sites for hydroxylation is 1. The summed E-state index contributed by atoms with van der Waals surface area (Å²) in [6.07, 6.45) is 0. The Kier molecular flexibility index (Phi) is 6.76. The topological polar surface area (TPSA) is 47.6 Å². The van der Waals surface area contributed by atoms with Crippen molar-refractivity contribution in [3.8, 4) is 11.5 Å². The van der Waals surface area contributed by atoms with Gasteiger partial charge >= 0.3 is 0 Å². The van der Waals surface area contributed by atoms with Crippen molar-refractivity contribution < 1.29 is 14.3 Å². The number of carbonyl (C=O) groups is 1. The highest BCUT2D eigenvalue weighted by Gasteiger charge is 2.18. The Labute approximate surface area is 153 Å². The number of hydrogen-bond donors (Lipinski definition) is 1. The fourth-order valence-corrected chi connectivity index (χ4v) is 3.32. The molecule has 0 aliphatic carbocycles. The summed E-state index contributed by atoms with van der Waals surface area (Å²) in [6, 6.07) is 13.8. The van der Waals surface area contributed by atoms with Crippen molar-refractivity contribution in [2.75, 3.05) is 14.2 Å². The second-order valence-corrected chi connectivity index (χ2v) is 7.33. The van der Waals surface area contributed by atoms with E-state index in [0.29, 0.717) is 11.5 Å². The van der Waals surface area contributed by atoms with E-state index in [1.54, 1.807) is 14.2 Å². The van der Waals surface area contributed by atoms with Crippen LogP contribution in [0.1, 0.15) is 31.0 Å². The quantitative estimate of drug-likeness (QED) is 0.746. The molecule has 0 heterocycles. The van der Waals surface area contributed by atoms with Crippen LogP contribution in [0.2, 0.25) is 0 Å². The molecule has 0 saturated heterocycles. The summed E-state index contributed by atoms with van der Waals surface area (Å²) in [5.74, 6) is 1.35. The molecule has 1 N–H and O–H groups in total. The lowest BCUT2D eigenvalue weighted by atomic mass is 10.1. The maximum atomic E-state index is 12.5. The van der Waals surface area contributed by atoms with Crippen LogP contribution in [-0.2, 0) is 4.79 Å². The Morgan fingerprint density at radius 2 is 1.64 bits per heavy atom. The summed E-state index contributed by atoms with van der Waals surface area (Å²) < 4.78 is 10.6. The molecule has 2 atom stereocenters. The van der Waals surface area contributed by atoms with Gasteiger partial charge in [0.1, 0.15) is 0 Å². The van der Waals surface area contributed by atoms with Gasteiger partial charge in [0, 0.05) is 4.90 Å². The molecule has 0 saturated carbocycles. The number of hydrogen-bond acceptors (Lipinski definition) is 4. The van der Waals surface area contributed by atoms with E-state index in [0.717, 1.165) is 10.5 Å². The minimum Gasteiger partial charge on any atom is -0.493 e. The lowest BCUT2D eigenvalue weighted by molar-refractivity contribution is -0.120. The third-order valence-corrected chi connectivity index (χ3v) is 5.07. The number of nitrogens with one attached hydrogen (secondary N) is 1. The number of amides is 1. The van der Waals surface area contributed by atoms with Crippen LogP contribution in [0.25, 0.3) is 0 Å². The molecule has 2 aromatic rings. The maximum absolute atomic E-state index is 12.5. The van der Waals surface area contributed by atoms with Crippen molar-refractivity contribution in [3.05, 3.63) is 53.6 Å². The van der Waals surface area contributed by atoms with E-state index >= 15 is 0 Å². The summed E-state index contributed by atoms with van der Waals surface area (Å²) in [5.41, 5.74) is 2.31. The molecule has 1 amide bonds. The smallest absolute Gasteiger partial charge is 0.233 e. The zero-order chi connectivity index (χ0) is 18.4. The van der Waals surface area contributed by atoms with E-state index in [-0.39, 0.29) is 17.2 Å². The van der Waals surface area contributed by atoms with Crippen LogP contribution < -0.4 is 14.8 Å². The molecular formula is C20H25NO3S. The third kappa shape index (κ3) is 5.16. The monoisotopic (exact) mass is 359 g/mol. The predicted molar refractivity (Wildman–Crippen MR) is 103 cm³/mol. The minimum absolute atomic E-state index is 0.00728. The van der Waals surface area contributed by atoms with E-state index in [9.17, 15) is 4.79 Å². The van der Waals surface area contributed by atoms with Crippen LogP contribution in [0, 0.1) is 6.92 Å². The molecule has 0 bridgehead atoms. The standard InChI is InChI=1S/C20H25NO3S/c1-13-6-8-16(9-7-13)14(2)21-20(22)15(3)25-17-10-11-18(23-4)19(12-17)24-5/h6-12,14-15H,1-5H3,(H,21,22)/t14-,15+/m1/s1. The lowest BCUT2D eigenvalue weighted by Crippen LogP contribution is -2.33. The molecule has 4 nitrogen and oxygen atoms in total. The highest BCUT2D eigenvalue weighted by Crippen LogP contribution is 2.33. The Morgan fingerprint density at radius 1 is 1.00 bits per heavy atom. The SMILES string of the molecule is COc1ccc(S[C@@H](C)C(=O)N[C@H](C)c2ccc(C)cc2)cc1OC. The molecule has 0 spiro atoms. The van der Waals surface area contributed by atoms with E-state index in [4.69, 9.17) is 9.47 Å². The molecule has 0 aliphatic heterocycles. The van der Waals surface area contributed by atoms with Crippen LogP contribution in [0.3, 0.4) is 0 Å². The highest BCUT2D eigenvalue weighted by molar-refractivity contribution is 8.00. The van der Waals surface area contributed by atoms with Gasteiger partial charge in [-0.15, -0.1) is 11.8 Å². The van der Waals surface area contributed by atoms with Gasteiger partial charge in [0.15, 0.2) is 11.5 Å². The normalized spacial score (nSPS) is 13.0. The first-order valence-electron chi connectivity index (χ1n) is 8.20. The molecule has 0 radical (unpaired) electrons. The van der Waals surface area contributed by atoms with Gasteiger partial charge in [0.2, 0.25) is 5.91 Å². The zero-order valence-electron chi connectivity index (χ0n) is 15.3. The van der Waals surface area contributed by atoms with Crippen molar-refractivity contribution in [3.63, 3.8) is 0 Å². The Balaban J connectivity index is 1.99. The molecule has 0 aliphatic rings. The molecule has 5 heteroatoms. The van der Waals surface area contributed by atoms with Crippen molar-refractivity contribution in [1.82, 2.24) is 5.32 Å². The number of rotatable bonds is 7. The number of carbonyl (C=O) groups excluding carboxylic acids is 1. The van der Waals surface area contributed by atoms with Crippen LogP contribution in [-0.4, -0.2) is 25.4 Å². The lowest BCUT2D eigenvalue weighted by Gasteiger charge is -2.18. The van der Waals surface area contributed by atoms with E-state index in [2.05, 4.69) is 24.4 Å². The summed E-state index contributed by atoms with van der Waals surface area (Å²) in [6.45, 7) is 5.95. The van der Waals surface area contributed by atoms with E-state index < -0.39 is 0 Å². The van der Waals surface area contributed by atoms with Crippen LogP contribution >= 0.6 is 11.8 Å². The van der Waals surface area contributed by atoms with Crippen LogP contribution in [0.4, 0.5) is 0 Å². The number of thioether (sulfide) groups is 1. The molecule has 2 aromatic carbocycles. The third-order valence-electron chi connectivity index (χ3n) is 3.97. The maximum Gasteiger partial charge on any atom is 0.233 e. The van der Waals surface area contributed by atoms with Crippen LogP contribution in [0.5, 0.6) is 11.5 Å². The molecular weight excluding hydrogens is 334 g/mol. The van der Waals surface area contributed by atoms with Gasteiger partial charge in [-0.3, -0.25) is 4.79 Å². The summed E-state index contributed by atoms with van der Waals surface area (Å²) >= 11 is 1.49. The first-order chi connectivity index (χ1) is 11.9. The second kappa shape index (κ2) is 8.81. The largest absolute Gasteiger partial charge is 0.493 e. The molecule has 0 fully saturated rings. The van der Waals surface area contributed by atoms with Gasteiger partial charge in [-0.05, 0) is 44.5 Å². The first-order valence-corrected chi connectivity index (χ1v) is 9.08. The molecule has 0 unspecified atom stereocenters. The van der Waals surface area contributed by atoms with Crippen molar-refractivity contribution in [1.29, 1.82) is 0 Å². The predicted octanol–water partition coefficient (Wildman–Crippen LogP) is 4.37. The van der Waals surface area contributed by atoms with Crippen molar-refractivity contribution in [2.24, 2.45) is 0 Å². The zero-order valence-corrected chi connectivity index (χ0v) is 16.1. The Morgan fingerprint density at radius 3 is 2.24 bits per heavy atom.